The number of aromatic nitrogens is 2. The molecule has 2 heterocycles. The van der Waals surface area contributed by atoms with Gasteiger partial charge in [0.05, 0.1) is 5.60 Å². The van der Waals surface area contributed by atoms with Crippen LogP contribution in [-0.4, -0.2) is 27.3 Å². The number of imidazole rings is 1. The van der Waals surface area contributed by atoms with Crippen LogP contribution < -0.4 is 0 Å². The second kappa shape index (κ2) is 4.42. The molecule has 1 aliphatic heterocycles. The van der Waals surface area contributed by atoms with Crippen molar-refractivity contribution in [2.75, 3.05) is 6.61 Å². The summed E-state index contributed by atoms with van der Waals surface area (Å²) in [4.78, 5) is 7.17. The lowest BCUT2D eigenvalue weighted by Crippen LogP contribution is -2.39. The summed E-state index contributed by atoms with van der Waals surface area (Å²) in [6, 6.07) is 0. The Morgan fingerprint density at radius 3 is 3.00 bits per heavy atom. The van der Waals surface area contributed by atoms with Crippen LogP contribution in [0.2, 0.25) is 0 Å². The molecule has 1 saturated heterocycles. The van der Waals surface area contributed by atoms with Crippen molar-refractivity contribution >= 4 is 0 Å². The highest BCUT2D eigenvalue weighted by Gasteiger charge is 2.42. The van der Waals surface area contributed by atoms with Crippen molar-refractivity contribution in [1.29, 1.82) is 0 Å². The third-order valence-corrected chi connectivity index (χ3v) is 4.29. The maximum atomic E-state index is 10.3. The predicted octanol–water partition coefficient (Wildman–Crippen LogP) is 2.18. The van der Waals surface area contributed by atoms with E-state index in [1.54, 1.807) is 12.4 Å². The van der Waals surface area contributed by atoms with Gasteiger partial charge in [-0.25, -0.2) is 4.98 Å². The minimum Gasteiger partial charge on any atom is -0.385 e. The molecule has 1 aromatic heterocycles. The summed E-state index contributed by atoms with van der Waals surface area (Å²) < 4.78 is 5.98. The summed E-state index contributed by atoms with van der Waals surface area (Å²) in [5.41, 5.74) is 0.0660. The SMILES string of the molecule is OC(c1ncc[nH]1)C1CCOC2(CCCC2)C1. The van der Waals surface area contributed by atoms with Gasteiger partial charge >= 0.3 is 0 Å². The average Bonchev–Trinajstić information content (AvgIpc) is 3.00. The topological polar surface area (TPSA) is 58.1 Å². The van der Waals surface area contributed by atoms with Crippen molar-refractivity contribution < 1.29 is 9.84 Å². The molecule has 4 nitrogen and oxygen atoms in total. The molecular formula is C13H20N2O2. The second-order valence-electron chi connectivity index (χ2n) is 5.41. The summed E-state index contributed by atoms with van der Waals surface area (Å²) in [5, 5.41) is 10.3. The molecule has 1 saturated carbocycles. The van der Waals surface area contributed by atoms with Gasteiger partial charge < -0.3 is 14.8 Å². The number of rotatable bonds is 2. The molecule has 94 valence electrons. The smallest absolute Gasteiger partial charge is 0.135 e. The highest BCUT2D eigenvalue weighted by Crippen LogP contribution is 2.44. The second-order valence-corrected chi connectivity index (χ2v) is 5.41. The maximum Gasteiger partial charge on any atom is 0.135 e. The molecule has 2 N–H and O–H groups in total. The number of aromatic amines is 1. The Balaban J connectivity index is 1.71. The van der Waals surface area contributed by atoms with E-state index in [9.17, 15) is 5.11 Å². The molecule has 0 aromatic carbocycles. The molecule has 1 aromatic rings. The molecular weight excluding hydrogens is 216 g/mol. The standard InChI is InChI=1S/C13H20N2O2/c16-11(12-14-6-7-15-12)10-3-8-17-13(9-10)4-1-2-5-13/h6-7,10-11,16H,1-5,8-9H2,(H,14,15). The minimum absolute atomic E-state index is 0.0660. The molecule has 17 heavy (non-hydrogen) atoms. The maximum absolute atomic E-state index is 10.3. The Hall–Kier alpha value is -0.870. The van der Waals surface area contributed by atoms with Crippen molar-refractivity contribution in [2.45, 2.75) is 50.2 Å². The zero-order chi connectivity index (χ0) is 11.7. The average molecular weight is 236 g/mol. The molecule has 1 aliphatic carbocycles. The van der Waals surface area contributed by atoms with Gasteiger partial charge in [-0.05, 0) is 31.6 Å². The number of H-pyrrole nitrogens is 1. The summed E-state index contributed by atoms with van der Waals surface area (Å²) in [6.45, 7) is 0.780. The van der Waals surface area contributed by atoms with Gasteiger partial charge in [0.15, 0.2) is 0 Å². The molecule has 1 spiro atoms. The summed E-state index contributed by atoms with van der Waals surface area (Å²) >= 11 is 0. The van der Waals surface area contributed by atoms with Crippen molar-refractivity contribution in [3.8, 4) is 0 Å². The lowest BCUT2D eigenvalue weighted by molar-refractivity contribution is -0.114. The first-order chi connectivity index (χ1) is 8.29. The minimum atomic E-state index is -0.466. The molecule has 2 unspecified atom stereocenters. The summed E-state index contributed by atoms with van der Waals surface area (Å²) in [7, 11) is 0. The Bertz CT molecular complexity index is 358. The molecule has 2 atom stereocenters. The van der Waals surface area contributed by atoms with Gasteiger partial charge in [0.2, 0.25) is 0 Å². The Kier molecular flexibility index (Phi) is 2.92. The van der Waals surface area contributed by atoms with Crippen molar-refractivity contribution in [3.05, 3.63) is 18.2 Å². The fourth-order valence-corrected chi connectivity index (χ4v) is 3.37. The van der Waals surface area contributed by atoms with E-state index in [1.807, 2.05) is 0 Å². The lowest BCUT2D eigenvalue weighted by Gasteiger charge is -2.39. The molecule has 2 aliphatic rings. The van der Waals surface area contributed by atoms with Gasteiger partial charge in [0.25, 0.3) is 0 Å². The van der Waals surface area contributed by atoms with Gasteiger partial charge in [-0.1, -0.05) is 12.8 Å². The molecule has 0 amide bonds. The molecule has 2 fully saturated rings. The molecule has 3 rings (SSSR count). The Morgan fingerprint density at radius 1 is 1.47 bits per heavy atom. The van der Waals surface area contributed by atoms with Crippen molar-refractivity contribution in [3.63, 3.8) is 0 Å². The van der Waals surface area contributed by atoms with Gasteiger partial charge in [0.1, 0.15) is 11.9 Å². The predicted molar refractivity (Wildman–Crippen MR) is 63.4 cm³/mol. The van der Waals surface area contributed by atoms with Crippen molar-refractivity contribution in [1.82, 2.24) is 9.97 Å². The van der Waals surface area contributed by atoms with Crippen LogP contribution in [0, 0.1) is 5.92 Å². The Labute approximate surface area is 101 Å². The van der Waals surface area contributed by atoms with Gasteiger partial charge in [-0.15, -0.1) is 0 Å². The van der Waals surface area contributed by atoms with Crippen molar-refractivity contribution in [2.24, 2.45) is 5.92 Å². The van der Waals surface area contributed by atoms with Gasteiger partial charge in [0, 0.05) is 19.0 Å². The quantitative estimate of drug-likeness (QED) is 0.827. The summed E-state index contributed by atoms with van der Waals surface area (Å²) in [6.07, 6.45) is 9.77. The van der Waals surface area contributed by atoms with E-state index in [4.69, 9.17) is 4.74 Å². The number of ether oxygens (including phenoxy) is 1. The largest absolute Gasteiger partial charge is 0.385 e. The first-order valence-electron chi connectivity index (χ1n) is 6.60. The zero-order valence-corrected chi connectivity index (χ0v) is 10.1. The molecule has 4 heteroatoms. The van der Waals surface area contributed by atoms with E-state index in [2.05, 4.69) is 9.97 Å². The zero-order valence-electron chi connectivity index (χ0n) is 10.1. The van der Waals surface area contributed by atoms with Crippen LogP contribution in [0.1, 0.15) is 50.5 Å². The fraction of sp³-hybridized carbons (Fsp3) is 0.769. The third-order valence-electron chi connectivity index (χ3n) is 4.29. The number of hydrogen-bond donors (Lipinski definition) is 2. The van der Waals surface area contributed by atoms with Crippen LogP contribution in [0.25, 0.3) is 0 Å². The van der Waals surface area contributed by atoms with Crippen LogP contribution in [-0.2, 0) is 4.74 Å². The van der Waals surface area contributed by atoms with Gasteiger partial charge in [-0.3, -0.25) is 0 Å². The van der Waals surface area contributed by atoms with E-state index < -0.39 is 6.10 Å². The fourth-order valence-electron chi connectivity index (χ4n) is 3.37. The van der Waals surface area contributed by atoms with Crippen LogP contribution in [0.15, 0.2) is 12.4 Å². The Morgan fingerprint density at radius 2 is 2.29 bits per heavy atom. The van der Waals surface area contributed by atoms with E-state index in [-0.39, 0.29) is 11.5 Å². The van der Waals surface area contributed by atoms with E-state index >= 15 is 0 Å². The van der Waals surface area contributed by atoms with Crippen LogP contribution in [0.5, 0.6) is 0 Å². The van der Waals surface area contributed by atoms with E-state index in [0.29, 0.717) is 5.82 Å². The molecule has 0 radical (unpaired) electrons. The van der Waals surface area contributed by atoms with Gasteiger partial charge in [-0.2, -0.15) is 0 Å². The highest BCUT2D eigenvalue weighted by atomic mass is 16.5. The van der Waals surface area contributed by atoms with Crippen LogP contribution >= 0.6 is 0 Å². The number of hydrogen-bond acceptors (Lipinski definition) is 3. The highest BCUT2D eigenvalue weighted by molar-refractivity contribution is 4.99. The third kappa shape index (κ3) is 2.11. The number of nitrogens with one attached hydrogen (secondary N) is 1. The first-order valence-corrected chi connectivity index (χ1v) is 6.60. The number of nitrogens with zero attached hydrogens (tertiary/aromatic N) is 1. The van der Waals surface area contributed by atoms with E-state index in [1.165, 1.54) is 12.8 Å². The van der Waals surface area contributed by atoms with Crippen LogP contribution in [0.4, 0.5) is 0 Å². The van der Waals surface area contributed by atoms with E-state index in [0.717, 1.165) is 32.3 Å². The first kappa shape index (κ1) is 11.2. The lowest BCUT2D eigenvalue weighted by atomic mass is 9.81. The van der Waals surface area contributed by atoms with Crippen LogP contribution in [0.3, 0.4) is 0 Å². The normalized spacial score (nSPS) is 29.6. The number of aliphatic hydroxyl groups excluding tert-OH is 1. The number of aliphatic hydroxyl groups is 1. The monoisotopic (exact) mass is 236 g/mol. The molecule has 0 bridgehead atoms. The summed E-state index contributed by atoms with van der Waals surface area (Å²) in [5.74, 6) is 0.984.